The normalized spacial score (nSPS) is 20.9. The van der Waals surface area contributed by atoms with Gasteiger partial charge in [-0.15, -0.1) is 0 Å². The van der Waals surface area contributed by atoms with Crippen LogP contribution in [-0.4, -0.2) is 22.7 Å². The van der Waals surface area contributed by atoms with Crippen molar-refractivity contribution in [3.63, 3.8) is 0 Å². The Kier molecular flexibility index (Phi) is 3.25. The Hall–Kier alpha value is -1.45. The molecule has 0 amide bonds. The number of rotatable bonds is 2. The van der Waals surface area contributed by atoms with Gasteiger partial charge in [-0.05, 0) is 44.9 Å². The molecule has 3 nitrogen and oxygen atoms in total. The lowest BCUT2D eigenvalue weighted by Gasteiger charge is -2.20. The molecule has 0 saturated carbocycles. The molecule has 1 aliphatic rings. The van der Waals surface area contributed by atoms with E-state index in [4.69, 9.17) is 0 Å². The number of aromatic nitrogens is 1. The van der Waals surface area contributed by atoms with Gasteiger partial charge in [0.05, 0.1) is 11.6 Å². The van der Waals surface area contributed by atoms with E-state index >= 15 is 0 Å². The zero-order valence-electron chi connectivity index (χ0n) is 11.5. The molecule has 3 rings (SSSR count). The van der Waals surface area contributed by atoms with Gasteiger partial charge in [0.25, 0.3) is 0 Å². The minimum Gasteiger partial charge on any atom is -0.387 e. The van der Waals surface area contributed by atoms with Crippen molar-refractivity contribution in [3.05, 3.63) is 41.1 Å². The number of para-hydroxylation sites is 1. The van der Waals surface area contributed by atoms with E-state index in [2.05, 4.69) is 29.4 Å². The average molecular weight is 256 g/mol. The number of hydrogen-bond acceptors (Lipinski definition) is 3. The van der Waals surface area contributed by atoms with Crippen molar-refractivity contribution >= 4 is 10.9 Å². The molecule has 0 spiro atoms. The summed E-state index contributed by atoms with van der Waals surface area (Å²) in [5.41, 5.74) is 4.11. The van der Waals surface area contributed by atoms with E-state index in [0.717, 1.165) is 41.5 Å². The maximum atomic E-state index is 10.6. The van der Waals surface area contributed by atoms with Crippen molar-refractivity contribution in [2.75, 3.05) is 6.54 Å². The number of nitrogens with one attached hydrogen (secondary N) is 1. The van der Waals surface area contributed by atoms with Crippen LogP contribution in [0.3, 0.4) is 0 Å². The number of pyridine rings is 1. The molecule has 0 unspecified atom stereocenters. The van der Waals surface area contributed by atoms with Crippen molar-refractivity contribution in [3.8, 4) is 0 Å². The molecule has 1 aromatic heterocycles. The van der Waals surface area contributed by atoms with Crippen molar-refractivity contribution in [1.29, 1.82) is 0 Å². The van der Waals surface area contributed by atoms with Crippen LogP contribution < -0.4 is 5.32 Å². The SMILES string of the molecule is Cc1cc2cccc([C@@H](O)[C@@H]3CCCN3)c2nc1C. The standard InChI is InChI=1S/C16H20N2O/c1-10-9-12-5-3-6-13(15(12)18-11(10)2)16(19)14-7-4-8-17-14/h3,5-6,9,14,16-17,19H,4,7-8H2,1-2H3/t14-,16+/m0/s1. The highest BCUT2D eigenvalue weighted by Gasteiger charge is 2.25. The van der Waals surface area contributed by atoms with E-state index in [9.17, 15) is 5.11 Å². The molecular formula is C16H20N2O. The molecule has 2 N–H and O–H groups in total. The molecule has 0 bridgehead atoms. The van der Waals surface area contributed by atoms with Crippen LogP contribution in [0.5, 0.6) is 0 Å². The highest BCUT2D eigenvalue weighted by molar-refractivity contribution is 5.83. The molecule has 1 aromatic carbocycles. The summed E-state index contributed by atoms with van der Waals surface area (Å²) < 4.78 is 0. The lowest BCUT2D eigenvalue weighted by molar-refractivity contribution is 0.139. The van der Waals surface area contributed by atoms with Gasteiger partial charge < -0.3 is 10.4 Å². The van der Waals surface area contributed by atoms with E-state index < -0.39 is 6.10 Å². The van der Waals surface area contributed by atoms with Crippen molar-refractivity contribution in [1.82, 2.24) is 10.3 Å². The molecule has 19 heavy (non-hydrogen) atoms. The van der Waals surface area contributed by atoms with Crippen molar-refractivity contribution in [2.24, 2.45) is 0 Å². The van der Waals surface area contributed by atoms with Crippen LogP contribution in [0.1, 0.15) is 35.8 Å². The fourth-order valence-electron chi connectivity index (χ4n) is 2.86. The molecule has 0 radical (unpaired) electrons. The summed E-state index contributed by atoms with van der Waals surface area (Å²) in [5, 5.41) is 15.1. The monoisotopic (exact) mass is 256 g/mol. The summed E-state index contributed by atoms with van der Waals surface area (Å²) >= 11 is 0. The lowest BCUT2D eigenvalue weighted by atomic mass is 9.97. The van der Waals surface area contributed by atoms with Gasteiger partial charge in [-0.2, -0.15) is 0 Å². The molecule has 1 fully saturated rings. The van der Waals surface area contributed by atoms with E-state index in [1.165, 1.54) is 5.56 Å². The smallest absolute Gasteiger partial charge is 0.0963 e. The van der Waals surface area contributed by atoms with Crippen molar-refractivity contribution in [2.45, 2.75) is 38.8 Å². The van der Waals surface area contributed by atoms with Crippen LogP contribution >= 0.6 is 0 Å². The van der Waals surface area contributed by atoms with Crippen LogP contribution in [-0.2, 0) is 0 Å². The van der Waals surface area contributed by atoms with E-state index in [1.807, 2.05) is 19.1 Å². The molecule has 1 aliphatic heterocycles. The third kappa shape index (κ3) is 2.24. The predicted octanol–water partition coefficient (Wildman–Crippen LogP) is 2.64. The first-order valence-electron chi connectivity index (χ1n) is 6.95. The largest absolute Gasteiger partial charge is 0.387 e. The van der Waals surface area contributed by atoms with Crippen LogP contribution in [0.15, 0.2) is 24.3 Å². The van der Waals surface area contributed by atoms with E-state index in [0.29, 0.717) is 0 Å². The third-order valence-electron chi connectivity index (χ3n) is 4.12. The highest BCUT2D eigenvalue weighted by Crippen LogP contribution is 2.29. The van der Waals surface area contributed by atoms with E-state index in [-0.39, 0.29) is 6.04 Å². The van der Waals surface area contributed by atoms with Gasteiger partial charge in [0, 0.05) is 22.7 Å². The number of aryl methyl sites for hydroxylation is 2. The first kappa shape index (κ1) is 12.6. The van der Waals surface area contributed by atoms with Gasteiger partial charge in [-0.25, -0.2) is 0 Å². The molecule has 0 aliphatic carbocycles. The summed E-state index contributed by atoms with van der Waals surface area (Å²) in [6.07, 6.45) is 1.70. The predicted molar refractivity (Wildman–Crippen MR) is 77.2 cm³/mol. The zero-order chi connectivity index (χ0) is 13.4. The number of benzene rings is 1. The van der Waals surface area contributed by atoms with Gasteiger partial charge in [0.15, 0.2) is 0 Å². The Morgan fingerprint density at radius 2 is 2.21 bits per heavy atom. The Morgan fingerprint density at radius 1 is 1.37 bits per heavy atom. The molecular weight excluding hydrogens is 236 g/mol. The number of hydrogen-bond donors (Lipinski definition) is 2. The molecule has 2 heterocycles. The molecule has 1 saturated heterocycles. The molecule has 3 heteroatoms. The number of aliphatic hydroxyl groups excluding tert-OH is 1. The fraction of sp³-hybridized carbons (Fsp3) is 0.438. The zero-order valence-corrected chi connectivity index (χ0v) is 11.5. The second kappa shape index (κ2) is 4.91. The summed E-state index contributed by atoms with van der Waals surface area (Å²) in [7, 11) is 0. The van der Waals surface area contributed by atoms with Crippen molar-refractivity contribution < 1.29 is 5.11 Å². The summed E-state index contributed by atoms with van der Waals surface area (Å²) in [6.45, 7) is 5.09. The second-order valence-electron chi connectivity index (χ2n) is 5.46. The topological polar surface area (TPSA) is 45.1 Å². The first-order chi connectivity index (χ1) is 9.16. The molecule has 2 aromatic rings. The Labute approximate surface area is 113 Å². The van der Waals surface area contributed by atoms with Crippen LogP contribution in [0.2, 0.25) is 0 Å². The quantitative estimate of drug-likeness (QED) is 0.868. The molecule has 2 atom stereocenters. The minimum absolute atomic E-state index is 0.161. The lowest BCUT2D eigenvalue weighted by Crippen LogP contribution is -2.28. The van der Waals surface area contributed by atoms with Gasteiger partial charge >= 0.3 is 0 Å². The average Bonchev–Trinajstić information content (AvgIpc) is 2.92. The number of aliphatic hydroxyl groups is 1. The summed E-state index contributed by atoms with van der Waals surface area (Å²) in [6, 6.07) is 8.37. The second-order valence-corrected chi connectivity index (χ2v) is 5.46. The highest BCUT2D eigenvalue weighted by atomic mass is 16.3. The minimum atomic E-state index is -0.471. The maximum absolute atomic E-state index is 10.6. The Bertz CT molecular complexity index is 603. The van der Waals surface area contributed by atoms with Gasteiger partial charge in [-0.1, -0.05) is 18.2 Å². The van der Waals surface area contributed by atoms with Gasteiger partial charge in [-0.3, -0.25) is 4.98 Å². The number of nitrogens with zero attached hydrogens (tertiary/aromatic N) is 1. The molecule has 100 valence electrons. The van der Waals surface area contributed by atoms with Gasteiger partial charge in [0.2, 0.25) is 0 Å². The fourth-order valence-corrected chi connectivity index (χ4v) is 2.86. The summed E-state index contributed by atoms with van der Waals surface area (Å²) in [4.78, 5) is 4.68. The first-order valence-corrected chi connectivity index (χ1v) is 6.95. The Balaban J connectivity index is 2.09. The van der Waals surface area contributed by atoms with E-state index in [1.54, 1.807) is 0 Å². The van der Waals surface area contributed by atoms with Crippen LogP contribution in [0, 0.1) is 13.8 Å². The van der Waals surface area contributed by atoms with Gasteiger partial charge in [0.1, 0.15) is 0 Å². The summed E-state index contributed by atoms with van der Waals surface area (Å²) in [5.74, 6) is 0. The maximum Gasteiger partial charge on any atom is 0.0963 e. The third-order valence-corrected chi connectivity index (χ3v) is 4.12. The Morgan fingerprint density at radius 3 is 2.95 bits per heavy atom. The number of fused-ring (bicyclic) bond motifs is 1. The van der Waals surface area contributed by atoms with Crippen LogP contribution in [0.4, 0.5) is 0 Å². The van der Waals surface area contributed by atoms with Crippen LogP contribution in [0.25, 0.3) is 10.9 Å².